The van der Waals surface area contributed by atoms with Gasteiger partial charge in [-0.15, -0.1) is 22.7 Å². The van der Waals surface area contributed by atoms with Gasteiger partial charge in [-0.2, -0.15) is 0 Å². The highest BCUT2D eigenvalue weighted by atomic mass is 35.5. The first-order valence-corrected chi connectivity index (χ1v) is 9.91. The van der Waals surface area contributed by atoms with E-state index in [0.29, 0.717) is 32.7 Å². The van der Waals surface area contributed by atoms with E-state index < -0.39 is 0 Å². The molecule has 0 fully saturated rings. The number of aromatic nitrogens is 1. The molecule has 3 rings (SSSR count). The predicted molar refractivity (Wildman–Crippen MR) is 108 cm³/mol. The van der Waals surface area contributed by atoms with Crippen LogP contribution in [0.1, 0.15) is 28.7 Å². The van der Waals surface area contributed by atoms with E-state index in [0.717, 1.165) is 9.88 Å². The van der Waals surface area contributed by atoms with E-state index in [1.165, 1.54) is 22.7 Å². The highest BCUT2D eigenvalue weighted by Crippen LogP contribution is 2.35. The summed E-state index contributed by atoms with van der Waals surface area (Å²) in [6.07, 6.45) is 0.418. The zero-order valence-corrected chi connectivity index (χ0v) is 16.5. The lowest BCUT2D eigenvalue weighted by Gasteiger charge is -2.07. The van der Waals surface area contributed by atoms with E-state index in [1.807, 2.05) is 19.1 Å². The first kappa shape index (κ1) is 18.6. The number of nitrogens with zero attached hydrogens (tertiary/aromatic N) is 1. The predicted octanol–water partition coefficient (Wildman–Crippen LogP) is 5.43. The summed E-state index contributed by atoms with van der Waals surface area (Å²) in [6.45, 7) is 3.60. The second-order valence-electron chi connectivity index (χ2n) is 5.47. The van der Waals surface area contributed by atoms with Crippen molar-refractivity contribution >= 4 is 57.5 Å². The highest BCUT2D eigenvalue weighted by Gasteiger charge is 2.17. The minimum atomic E-state index is -0.209. The number of carbonyl (C=O) groups is 2. The lowest BCUT2D eigenvalue weighted by molar-refractivity contribution is -0.115. The van der Waals surface area contributed by atoms with Gasteiger partial charge in [-0.3, -0.25) is 9.59 Å². The number of hydrogen-bond donors (Lipinski definition) is 2. The van der Waals surface area contributed by atoms with E-state index in [1.54, 1.807) is 31.2 Å². The minimum Gasteiger partial charge on any atom is -0.326 e. The van der Waals surface area contributed by atoms with E-state index in [2.05, 4.69) is 15.6 Å². The molecule has 0 aliphatic heterocycles. The molecule has 0 unspecified atom stereocenters. The third-order valence-corrected chi connectivity index (χ3v) is 6.09. The fourth-order valence-corrected chi connectivity index (χ4v) is 4.28. The van der Waals surface area contributed by atoms with Crippen LogP contribution in [-0.2, 0) is 4.79 Å². The quantitative estimate of drug-likeness (QED) is 0.594. The Labute approximate surface area is 164 Å². The molecule has 5 nitrogen and oxygen atoms in total. The standard InChI is InChI=1S/C18H16ClN3O2S2/c1-3-15(23)21-11-4-6-12(7-5-11)22-17(24)16-10(2)20-18(26-16)13-8-9-14(19)25-13/h4-9H,3H2,1-2H3,(H,21,23)(H,22,24). The van der Waals surface area contributed by atoms with Gasteiger partial charge < -0.3 is 10.6 Å². The van der Waals surface area contributed by atoms with E-state index in [4.69, 9.17) is 11.6 Å². The third kappa shape index (κ3) is 4.30. The van der Waals surface area contributed by atoms with Crippen molar-refractivity contribution in [2.24, 2.45) is 0 Å². The van der Waals surface area contributed by atoms with Crippen LogP contribution in [-0.4, -0.2) is 16.8 Å². The molecule has 134 valence electrons. The number of thiophene rings is 1. The summed E-state index contributed by atoms with van der Waals surface area (Å²) < 4.78 is 0.689. The van der Waals surface area contributed by atoms with Crippen molar-refractivity contribution in [1.29, 1.82) is 0 Å². The van der Waals surface area contributed by atoms with Crippen LogP contribution < -0.4 is 10.6 Å². The van der Waals surface area contributed by atoms with E-state index >= 15 is 0 Å². The second-order valence-corrected chi connectivity index (χ2v) is 8.18. The normalized spacial score (nSPS) is 10.6. The van der Waals surface area contributed by atoms with Gasteiger partial charge in [0, 0.05) is 17.8 Å². The van der Waals surface area contributed by atoms with Crippen molar-refractivity contribution in [1.82, 2.24) is 4.98 Å². The fraction of sp³-hybridized carbons (Fsp3) is 0.167. The second kappa shape index (κ2) is 7.99. The number of rotatable bonds is 5. The Kier molecular flexibility index (Phi) is 5.70. The highest BCUT2D eigenvalue weighted by molar-refractivity contribution is 7.24. The van der Waals surface area contributed by atoms with Gasteiger partial charge in [-0.25, -0.2) is 4.98 Å². The Morgan fingerprint density at radius 3 is 2.27 bits per heavy atom. The Morgan fingerprint density at radius 2 is 1.69 bits per heavy atom. The maximum atomic E-state index is 12.6. The molecule has 1 aromatic carbocycles. The van der Waals surface area contributed by atoms with Crippen LogP contribution in [0.4, 0.5) is 11.4 Å². The SMILES string of the molecule is CCC(=O)Nc1ccc(NC(=O)c2sc(-c3ccc(Cl)s3)nc2C)cc1. The van der Waals surface area contributed by atoms with Gasteiger partial charge in [0.1, 0.15) is 9.88 Å². The maximum Gasteiger partial charge on any atom is 0.267 e. The van der Waals surface area contributed by atoms with Crippen LogP contribution in [0.5, 0.6) is 0 Å². The summed E-state index contributed by atoms with van der Waals surface area (Å²) in [5, 5.41) is 6.41. The van der Waals surface area contributed by atoms with Gasteiger partial charge in [-0.05, 0) is 43.3 Å². The smallest absolute Gasteiger partial charge is 0.267 e. The number of carbonyl (C=O) groups excluding carboxylic acids is 2. The molecule has 0 bridgehead atoms. The van der Waals surface area contributed by atoms with Gasteiger partial charge in [0.2, 0.25) is 5.91 Å². The molecule has 2 amide bonds. The Hall–Kier alpha value is -2.22. The number of nitrogens with one attached hydrogen (secondary N) is 2. The number of aryl methyl sites for hydroxylation is 1. The van der Waals surface area contributed by atoms with Crippen LogP contribution in [0.2, 0.25) is 4.34 Å². The van der Waals surface area contributed by atoms with Gasteiger partial charge in [-0.1, -0.05) is 18.5 Å². The Bertz CT molecular complexity index is 948. The van der Waals surface area contributed by atoms with Crippen LogP contribution >= 0.6 is 34.3 Å². The number of anilines is 2. The molecule has 0 aliphatic rings. The molecule has 0 spiro atoms. The van der Waals surface area contributed by atoms with Crippen LogP contribution in [0.15, 0.2) is 36.4 Å². The number of thiazole rings is 1. The maximum absolute atomic E-state index is 12.6. The molecule has 2 heterocycles. The molecule has 2 aromatic heterocycles. The van der Waals surface area contributed by atoms with Crippen molar-refractivity contribution in [2.45, 2.75) is 20.3 Å². The summed E-state index contributed by atoms with van der Waals surface area (Å²) in [7, 11) is 0. The zero-order valence-electron chi connectivity index (χ0n) is 14.1. The summed E-state index contributed by atoms with van der Waals surface area (Å²) in [5.41, 5.74) is 2.03. The summed E-state index contributed by atoms with van der Waals surface area (Å²) in [6, 6.07) is 10.7. The molecule has 0 atom stereocenters. The number of amides is 2. The minimum absolute atomic E-state index is 0.0525. The lowest BCUT2D eigenvalue weighted by atomic mass is 10.2. The van der Waals surface area contributed by atoms with Crippen molar-refractivity contribution in [2.75, 3.05) is 10.6 Å². The average molecular weight is 406 g/mol. The topological polar surface area (TPSA) is 71.1 Å². The molecular formula is C18H16ClN3O2S2. The first-order valence-electron chi connectivity index (χ1n) is 7.90. The molecule has 0 saturated carbocycles. The van der Waals surface area contributed by atoms with Gasteiger partial charge in [0.05, 0.1) is 14.9 Å². The average Bonchev–Trinajstić information content (AvgIpc) is 3.22. The van der Waals surface area contributed by atoms with Gasteiger partial charge in [0.15, 0.2) is 0 Å². The van der Waals surface area contributed by atoms with Gasteiger partial charge in [0.25, 0.3) is 5.91 Å². The van der Waals surface area contributed by atoms with Crippen molar-refractivity contribution in [3.8, 4) is 9.88 Å². The van der Waals surface area contributed by atoms with Crippen molar-refractivity contribution < 1.29 is 9.59 Å². The molecule has 26 heavy (non-hydrogen) atoms. The molecule has 0 aliphatic carbocycles. The monoisotopic (exact) mass is 405 g/mol. The van der Waals surface area contributed by atoms with Crippen LogP contribution in [0, 0.1) is 6.92 Å². The zero-order chi connectivity index (χ0) is 18.7. The molecule has 2 N–H and O–H groups in total. The Balaban J connectivity index is 1.72. The van der Waals surface area contributed by atoms with Crippen molar-refractivity contribution in [3.05, 3.63) is 51.3 Å². The third-order valence-electron chi connectivity index (χ3n) is 3.53. The molecule has 8 heteroatoms. The number of benzene rings is 1. The Morgan fingerprint density at radius 1 is 1.04 bits per heavy atom. The fourth-order valence-electron chi connectivity index (χ4n) is 2.22. The molecule has 0 radical (unpaired) electrons. The van der Waals surface area contributed by atoms with Crippen LogP contribution in [0.3, 0.4) is 0 Å². The molecule has 0 saturated heterocycles. The largest absolute Gasteiger partial charge is 0.326 e. The van der Waals surface area contributed by atoms with Gasteiger partial charge >= 0.3 is 0 Å². The first-order chi connectivity index (χ1) is 12.5. The summed E-state index contributed by atoms with van der Waals surface area (Å²) >= 11 is 8.74. The van der Waals surface area contributed by atoms with E-state index in [-0.39, 0.29) is 11.8 Å². The molecular weight excluding hydrogens is 390 g/mol. The number of hydrogen-bond acceptors (Lipinski definition) is 5. The lowest BCUT2D eigenvalue weighted by Crippen LogP contribution is -2.12. The number of halogens is 1. The summed E-state index contributed by atoms with van der Waals surface area (Å²) in [4.78, 5) is 29.9. The summed E-state index contributed by atoms with van der Waals surface area (Å²) in [5.74, 6) is -0.262. The van der Waals surface area contributed by atoms with Crippen LogP contribution in [0.25, 0.3) is 9.88 Å². The van der Waals surface area contributed by atoms with Crippen molar-refractivity contribution in [3.63, 3.8) is 0 Å². The van der Waals surface area contributed by atoms with E-state index in [9.17, 15) is 9.59 Å². The molecule has 3 aromatic rings.